The summed E-state index contributed by atoms with van der Waals surface area (Å²) in [7, 11) is 0. The maximum absolute atomic E-state index is 5.29. The molecule has 0 N–H and O–H groups in total. The van der Waals surface area contributed by atoms with E-state index in [0.717, 1.165) is 44.1 Å². The molecule has 0 aliphatic heterocycles. The molecule has 0 fully saturated rings. The first kappa shape index (κ1) is 28.6. The van der Waals surface area contributed by atoms with E-state index >= 15 is 0 Å². The van der Waals surface area contributed by atoms with E-state index in [-0.39, 0.29) is 0 Å². The lowest BCUT2D eigenvalue weighted by molar-refractivity contribution is 1.18. The van der Waals surface area contributed by atoms with Crippen molar-refractivity contribution < 1.29 is 0 Å². The zero-order chi connectivity index (χ0) is 33.0. The molecule has 0 aliphatic rings. The highest BCUT2D eigenvalue weighted by Gasteiger charge is 2.20. The van der Waals surface area contributed by atoms with Crippen LogP contribution in [0.15, 0.2) is 176 Å². The first-order valence-electron chi connectivity index (χ1n) is 16.8. The topological polar surface area (TPSA) is 30.7 Å². The molecule has 0 radical (unpaired) electrons. The molecular formula is C46H29N3S. The third kappa shape index (κ3) is 4.65. The van der Waals surface area contributed by atoms with E-state index in [1.165, 1.54) is 48.6 Å². The van der Waals surface area contributed by atoms with Gasteiger partial charge in [-0.15, -0.1) is 11.3 Å². The number of rotatable bonds is 5. The van der Waals surface area contributed by atoms with Crippen molar-refractivity contribution in [3.05, 3.63) is 176 Å². The normalized spacial score (nSPS) is 11.6. The standard InChI is InChI=1S/C46H29N3S/c1-3-12-30(13-4-1)31-22-24-33(25-23-31)43-45-44(48-46(47-43)34-14-5-2-6-15-34)42-36(18-11-21-41(42)50-45)32-26-28-35(29-27-32)49-39-19-9-7-16-37(39)38-17-8-10-20-40(38)49/h1-29H. The van der Waals surface area contributed by atoms with E-state index < -0.39 is 0 Å². The molecular weight excluding hydrogens is 627 g/mol. The van der Waals surface area contributed by atoms with Crippen molar-refractivity contribution in [2.24, 2.45) is 0 Å². The molecule has 3 aromatic heterocycles. The molecule has 3 heterocycles. The van der Waals surface area contributed by atoms with Crippen LogP contribution in [-0.2, 0) is 0 Å². The van der Waals surface area contributed by atoms with Gasteiger partial charge in [-0.1, -0.05) is 146 Å². The Balaban J connectivity index is 1.14. The van der Waals surface area contributed by atoms with Crippen molar-refractivity contribution in [3.63, 3.8) is 0 Å². The van der Waals surface area contributed by atoms with Gasteiger partial charge in [-0.2, -0.15) is 0 Å². The third-order valence-corrected chi connectivity index (χ3v) is 10.8. The van der Waals surface area contributed by atoms with Gasteiger partial charge in [0.25, 0.3) is 0 Å². The average molecular weight is 656 g/mol. The molecule has 0 saturated carbocycles. The van der Waals surface area contributed by atoms with Gasteiger partial charge in [-0.25, -0.2) is 9.97 Å². The molecule has 3 nitrogen and oxygen atoms in total. The summed E-state index contributed by atoms with van der Waals surface area (Å²) in [6, 6.07) is 62.5. The van der Waals surface area contributed by atoms with Gasteiger partial charge in [0.15, 0.2) is 5.82 Å². The molecule has 234 valence electrons. The minimum atomic E-state index is 0.733. The second-order valence-corrected chi connectivity index (χ2v) is 13.6. The fourth-order valence-electron chi connectivity index (χ4n) is 7.28. The lowest BCUT2D eigenvalue weighted by Crippen LogP contribution is -1.94. The molecule has 50 heavy (non-hydrogen) atoms. The fraction of sp³-hybridized carbons (Fsp3) is 0. The van der Waals surface area contributed by atoms with Crippen LogP contribution in [-0.4, -0.2) is 14.5 Å². The molecule has 10 rings (SSSR count). The Morgan fingerprint density at radius 1 is 0.420 bits per heavy atom. The highest BCUT2D eigenvalue weighted by Crippen LogP contribution is 2.44. The molecule has 7 aromatic carbocycles. The lowest BCUT2D eigenvalue weighted by Gasteiger charge is -2.11. The van der Waals surface area contributed by atoms with E-state index in [1.54, 1.807) is 11.3 Å². The molecule has 0 saturated heterocycles. The van der Waals surface area contributed by atoms with Crippen molar-refractivity contribution in [3.8, 4) is 50.6 Å². The van der Waals surface area contributed by atoms with E-state index in [9.17, 15) is 0 Å². The van der Waals surface area contributed by atoms with Crippen molar-refractivity contribution >= 4 is 53.4 Å². The van der Waals surface area contributed by atoms with Gasteiger partial charge >= 0.3 is 0 Å². The van der Waals surface area contributed by atoms with Gasteiger partial charge in [0.05, 0.1) is 26.9 Å². The number of aromatic nitrogens is 3. The number of hydrogen-bond donors (Lipinski definition) is 0. The van der Waals surface area contributed by atoms with Gasteiger partial charge < -0.3 is 4.57 Å². The summed E-state index contributed by atoms with van der Waals surface area (Å²) in [6.07, 6.45) is 0. The number of fused-ring (bicyclic) bond motifs is 6. The Kier molecular flexibility index (Phi) is 6.68. The number of nitrogens with zero attached hydrogens (tertiary/aromatic N) is 3. The maximum Gasteiger partial charge on any atom is 0.160 e. The van der Waals surface area contributed by atoms with Crippen LogP contribution < -0.4 is 0 Å². The summed E-state index contributed by atoms with van der Waals surface area (Å²) < 4.78 is 4.66. The molecule has 0 unspecified atom stereocenters. The first-order valence-corrected chi connectivity index (χ1v) is 17.7. The van der Waals surface area contributed by atoms with Crippen molar-refractivity contribution in [2.45, 2.75) is 0 Å². The van der Waals surface area contributed by atoms with Crippen molar-refractivity contribution in [1.82, 2.24) is 14.5 Å². The van der Waals surface area contributed by atoms with Crippen LogP contribution in [0.25, 0.3) is 92.7 Å². The van der Waals surface area contributed by atoms with E-state index in [0.29, 0.717) is 0 Å². The van der Waals surface area contributed by atoms with Crippen LogP contribution in [0.1, 0.15) is 0 Å². The Labute approximate surface area is 293 Å². The van der Waals surface area contributed by atoms with Gasteiger partial charge in [0.1, 0.15) is 0 Å². The molecule has 4 heteroatoms. The molecule has 0 bridgehead atoms. The van der Waals surface area contributed by atoms with Gasteiger partial charge in [0.2, 0.25) is 0 Å². The van der Waals surface area contributed by atoms with Crippen molar-refractivity contribution in [2.75, 3.05) is 0 Å². The van der Waals surface area contributed by atoms with E-state index in [4.69, 9.17) is 9.97 Å². The third-order valence-electron chi connectivity index (χ3n) is 9.65. The summed E-state index contributed by atoms with van der Waals surface area (Å²) in [4.78, 5) is 10.5. The number of hydrogen-bond acceptors (Lipinski definition) is 3. The van der Waals surface area contributed by atoms with Crippen molar-refractivity contribution in [1.29, 1.82) is 0 Å². The van der Waals surface area contributed by atoms with Crippen LogP contribution in [0.2, 0.25) is 0 Å². The fourth-order valence-corrected chi connectivity index (χ4v) is 8.46. The number of benzene rings is 7. The predicted molar refractivity (Wildman–Crippen MR) is 211 cm³/mol. The second-order valence-electron chi connectivity index (χ2n) is 12.6. The monoisotopic (exact) mass is 655 g/mol. The zero-order valence-electron chi connectivity index (χ0n) is 27.0. The summed E-state index contributed by atoms with van der Waals surface area (Å²) in [6.45, 7) is 0. The first-order chi connectivity index (χ1) is 24.8. The minimum Gasteiger partial charge on any atom is -0.309 e. The highest BCUT2D eigenvalue weighted by molar-refractivity contribution is 7.26. The van der Waals surface area contributed by atoms with Crippen LogP contribution in [0, 0.1) is 0 Å². The van der Waals surface area contributed by atoms with Gasteiger partial charge in [-0.3, -0.25) is 0 Å². The second kappa shape index (κ2) is 11.7. The molecule has 10 aromatic rings. The highest BCUT2D eigenvalue weighted by atomic mass is 32.1. The van der Waals surface area contributed by atoms with Crippen LogP contribution in [0.5, 0.6) is 0 Å². The lowest BCUT2D eigenvalue weighted by atomic mass is 9.99. The number of thiophene rings is 1. The maximum atomic E-state index is 5.29. The Morgan fingerprint density at radius 3 is 1.66 bits per heavy atom. The van der Waals surface area contributed by atoms with Crippen LogP contribution in [0.3, 0.4) is 0 Å². The Hall–Kier alpha value is -6.36. The van der Waals surface area contributed by atoms with E-state index in [2.05, 4.69) is 162 Å². The van der Waals surface area contributed by atoms with Crippen LogP contribution >= 0.6 is 11.3 Å². The quantitative estimate of drug-likeness (QED) is 0.185. The largest absolute Gasteiger partial charge is 0.309 e. The molecule has 0 aliphatic carbocycles. The van der Waals surface area contributed by atoms with Crippen LogP contribution in [0.4, 0.5) is 0 Å². The SMILES string of the molecule is c1ccc(-c2ccc(-c3nc(-c4ccccc4)nc4c3sc3cccc(-c5ccc(-n6c7ccccc7c7ccccc76)cc5)c34)cc2)cc1. The zero-order valence-corrected chi connectivity index (χ0v) is 27.8. The Bertz CT molecular complexity index is 2780. The summed E-state index contributed by atoms with van der Waals surface area (Å²) >= 11 is 1.77. The summed E-state index contributed by atoms with van der Waals surface area (Å²) in [5.74, 6) is 0.733. The smallest absolute Gasteiger partial charge is 0.160 e. The summed E-state index contributed by atoms with van der Waals surface area (Å²) in [5.41, 5.74) is 12.3. The van der Waals surface area contributed by atoms with Gasteiger partial charge in [0, 0.05) is 37.7 Å². The Morgan fingerprint density at radius 2 is 0.980 bits per heavy atom. The molecule has 0 atom stereocenters. The molecule has 0 spiro atoms. The average Bonchev–Trinajstić information content (AvgIpc) is 3.74. The minimum absolute atomic E-state index is 0.733. The number of para-hydroxylation sites is 2. The predicted octanol–water partition coefficient (Wildman–Crippen LogP) is 12.6. The summed E-state index contributed by atoms with van der Waals surface area (Å²) in [5, 5.41) is 3.70. The van der Waals surface area contributed by atoms with E-state index in [1.807, 2.05) is 18.2 Å². The molecule has 0 amide bonds. The van der Waals surface area contributed by atoms with Gasteiger partial charge in [-0.05, 0) is 52.6 Å².